The molecule has 0 aliphatic carbocycles. The molecule has 0 unspecified atom stereocenters. The molecule has 0 fully saturated rings. The van der Waals surface area contributed by atoms with E-state index in [9.17, 15) is 4.39 Å². The number of halogens is 1. The van der Waals surface area contributed by atoms with Crippen molar-refractivity contribution >= 4 is 5.96 Å². The Hall–Kier alpha value is -2.37. The predicted octanol–water partition coefficient (Wildman–Crippen LogP) is 2.48. The summed E-state index contributed by atoms with van der Waals surface area (Å²) in [6.45, 7) is 6.74. The van der Waals surface area contributed by atoms with Crippen molar-refractivity contribution in [3.05, 3.63) is 53.9 Å². The van der Waals surface area contributed by atoms with Crippen LogP contribution in [-0.2, 0) is 13.1 Å². The van der Waals surface area contributed by atoms with Crippen LogP contribution in [0, 0.1) is 12.7 Å². The number of aromatic nitrogens is 2. The van der Waals surface area contributed by atoms with E-state index in [0.717, 1.165) is 37.6 Å². The van der Waals surface area contributed by atoms with Crippen molar-refractivity contribution in [2.45, 2.75) is 33.4 Å². The van der Waals surface area contributed by atoms with E-state index in [1.165, 1.54) is 0 Å². The molecule has 0 spiro atoms. The molecule has 124 valence electrons. The summed E-state index contributed by atoms with van der Waals surface area (Å²) in [7, 11) is 0. The molecule has 1 heterocycles. The van der Waals surface area contributed by atoms with Gasteiger partial charge in [-0.1, -0.05) is 12.1 Å². The third-order valence-electron chi connectivity index (χ3n) is 3.44. The molecule has 2 rings (SSSR count). The summed E-state index contributed by atoms with van der Waals surface area (Å²) in [5.74, 6) is 0.565. The first-order valence-corrected chi connectivity index (χ1v) is 7.92. The molecule has 23 heavy (non-hydrogen) atoms. The molecule has 0 saturated heterocycles. The van der Waals surface area contributed by atoms with Crippen LogP contribution in [0.4, 0.5) is 4.39 Å². The standard InChI is InChI=1S/C17H24FN5/c1-3-20-17(21-7-4-9-23-10-8-19-13-23)22-12-15-6-5-14(2)16(18)11-15/h5-6,8,10-11,13H,3-4,7,9,12H2,1-2H3,(H2,20,21,22). The molecule has 2 N–H and O–H groups in total. The van der Waals surface area contributed by atoms with Crippen LogP contribution in [0.3, 0.4) is 0 Å². The third kappa shape index (κ3) is 5.73. The summed E-state index contributed by atoms with van der Waals surface area (Å²) in [6, 6.07) is 5.23. The van der Waals surface area contributed by atoms with Crippen LogP contribution >= 0.6 is 0 Å². The molecule has 1 aromatic heterocycles. The lowest BCUT2D eigenvalue weighted by Crippen LogP contribution is -2.38. The Morgan fingerprint density at radius 2 is 2.22 bits per heavy atom. The lowest BCUT2D eigenvalue weighted by molar-refractivity contribution is 0.615. The monoisotopic (exact) mass is 317 g/mol. The topological polar surface area (TPSA) is 54.2 Å². The molecular weight excluding hydrogens is 293 g/mol. The third-order valence-corrected chi connectivity index (χ3v) is 3.44. The van der Waals surface area contributed by atoms with Crippen LogP contribution in [0.25, 0.3) is 0 Å². The number of hydrogen-bond acceptors (Lipinski definition) is 2. The summed E-state index contributed by atoms with van der Waals surface area (Å²) in [5.41, 5.74) is 1.52. The fraction of sp³-hybridized carbons (Fsp3) is 0.412. The van der Waals surface area contributed by atoms with Crippen LogP contribution in [-0.4, -0.2) is 28.6 Å². The Balaban J connectivity index is 1.82. The molecule has 0 aliphatic heterocycles. The lowest BCUT2D eigenvalue weighted by Gasteiger charge is -2.11. The maximum absolute atomic E-state index is 13.5. The molecular formula is C17H24FN5. The van der Waals surface area contributed by atoms with Gasteiger partial charge in [0, 0.05) is 32.0 Å². The Morgan fingerprint density at radius 1 is 1.35 bits per heavy atom. The predicted molar refractivity (Wildman–Crippen MR) is 90.8 cm³/mol. The van der Waals surface area contributed by atoms with Crippen molar-refractivity contribution in [2.75, 3.05) is 13.1 Å². The van der Waals surface area contributed by atoms with Crippen LogP contribution in [0.15, 0.2) is 41.9 Å². The van der Waals surface area contributed by atoms with Gasteiger partial charge in [0.15, 0.2) is 5.96 Å². The van der Waals surface area contributed by atoms with Crippen molar-refractivity contribution in [3.63, 3.8) is 0 Å². The average Bonchev–Trinajstić information content (AvgIpc) is 3.05. The van der Waals surface area contributed by atoms with E-state index < -0.39 is 0 Å². The van der Waals surface area contributed by atoms with E-state index in [1.54, 1.807) is 25.3 Å². The number of rotatable bonds is 7. The van der Waals surface area contributed by atoms with Gasteiger partial charge in [-0.25, -0.2) is 14.4 Å². The number of imidazole rings is 1. The zero-order valence-corrected chi connectivity index (χ0v) is 13.7. The number of nitrogens with one attached hydrogen (secondary N) is 2. The SMILES string of the molecule is CCNC(=NCc1ccc(C)c(F)c1)NCCCn1ccnc1. The molecule has 0 saturated carbocycles. The number of nitrogens with zero attached hydrogens (tertiary/aromatic N) is 3. The maximum Gasteiger partial charge on any atom is 0.191 e. The smallest absolute Gasteiger partial charge is 0.191 e. The summed E-state index contributed by atoms with van der Waals surface area (Å²) in [6.07, 6.45) is 6.51. The fourth-order valence-electron chi connectivity index (χ4n) is 2.13. The highest BCUT2D eigenvalue weighted by molar-refractivity contribution is 5.79. The van der Waals surface area contributed by atoms with E-state index in [-0.39, 0.29) is 5.82 Å². The minimum absolute atomic E-state index is 0.184. The zero-order valence-electron chi connectivity index (χ0n) is 13.7. The summed E-state index contributed by atoms with van der Waals surface area (Å²) >= 11 is 0. The Bertz CT molecular complexity index is 622. The quantitative estimate of drug-likeness (QED) is 0.469. The van der Waals surface area contributed by atoms with E-state index in [0.29, 0.717) is 12.1 Å². The van der Waals surface area contributed by atoms with Crippen molar-refractivity contribution in [3.8, 4) is 0 Å². The fourth-order valence-corrected chi connectivity index (χ4v) is 2.13. The number of benzene rings is 1. The molecule has 0 amide bonds. The average molecular weight is 317 g/mol. The first-order valence-electron chi connectivity index (χ1n) is 7.92. The molecule has 6 heteroatoms. The normalized spacial score (nSPS) is 11.5. The minimum Gasteiger partial charge on any atom is -0.357 e. The largest absolute Gasteiger partial charge is 0.357 e. The second-order valence-corrected chi connectivity index (χ2v) is 5.36. The molecule has 0 atom stereocenters. The van der Waals surface area contributed by atoms with Gasteiger partial charge in [0.1, 0.15) is 5.82 Å². The Kier molecular flexibility index (Phi) is 6.59. The number of aryl methyl sites for hydroxylation is 2. The van der Waals surface area contributed by atoms with Gasteiger partial charge in [-0.05, 0) is 37.5 Å². The maximum atomic E-state index is 13.5. The molecule has 1 aromatic carbocycles. The van der Waals surface area contributed by atoms with E-state index in [4.69, 9.17) is 0 Å². The highest BCUT2D eigenvalue weighted by Gasteiger charge is 2.01. The Morgan fingerprint density at radius 3 is 2.91 bits per heavy atom. The van der Waals surface area contributed by atoms with Gasteiger partial charge >= 0.3 is 0 Å². The van der Waals surface area contributed by atoms with Crippen LogP contribution in [0.2, 0.25) is 0 Å². The molecule has 0 aliphatic rings. The minimum atomic E-state index is -0.184. The summed E-state index contributed by atoms with van der Waals surface area (Å²) in [4.78, 5) is 8.52. The van der Waals surface area contributed by atoms with Gasteiger partial charge in [0.2, 0.25) is 0 Å². The van der Waals surface area contributed by atoms with E-state index >= 15 is 0 Å². The molecule has 2 aromatic rings. The van der Waals surface area contributed by atoms with Crippen molar-refractivity contribution in [2.24, 2.45) is 4.99 Å². The van der Waals surface area contributed by atoms with Crippen molar-refractivity contribution < 1.29 is 4.39 Å². The molecule has 5 nitrogen and oxygen atoms in total. The van der Waals surface area contributed by atoms with Crippen molar-refractivity contribution in [1.29, 1.82) is 0 Å². The van der Waals surface area contributed by atoms with Gasteiger partial charge in [0.25, 0.3) is 0 Å². The number of guanidine groups is 1. The van der Waals surface area contributed by atoms with Gasteiger partial charge in [-0.2, -0.15) is 0 Å². The first-order chi connectivity index (χ1) is 11.2. The first kappa shape index (κ1) is 17.0. The summed E-state index contributed by atoms with van der Waals surface area (Å²) in [5, 5.41) is 6.49. The van der Waals surface area contributed by atoms with Gasteiger partial charge < -0.3 is 15.2 Å². The zero-order chi connectivity index (χ0) is 16.5. The lowest BCUT2D eigenvalue weighted by atomic mass is 10.1. The highest BCUT2D eigenvalue weighted by atomic mass is 19.1. The van der Waals surface area contributed by atoms with Gasteiger partial charge in [0.05, 0.1) is 12.9 Å². The second kappa shape index (κ2) is 8.92. The van der Waals surface area contributed by atoms with Crippen LogP contribution in [0.1, 0.15) is 24.5 Å². The molecule has 0 bridgehead atoms. The van der Waals surface area contributed by atoms with Crippen LogP contribution in [0.5, 0.6) is 0 Å². The molecule has 0 radical (unpaired) electrons. The van der Waals surface area contributed by atoms with E-state index in [1.807, 2.05) is 30.1 Å². The number of hydrogen-bond donors (Lipinski definition) is 2. The van der Waals surface area contributed by atoms with E-state index in [2.05, 4.69) is 20.6 Å². The number of aliphatic imine (C=N–C) groups is 1. The Labute approximate surface area is 136 Å². The highest BCUT2D eigenvalue weighted by Crippen LogP contribution is 2.09. The second-order valence-electron chi connectivity index (χ2n) is 5.36. The van der Waals surface area contributed by atoms with Crippen molar-refractivity contribution in [1.82, 2.24) is 20.2 Å². The van der Waals surface area contributed by atoms with Crippen LogP contribution < -0.4 is 10.6 Å². The van der Waals surface area contributed by atoms with Gasteiger partial charge in [-0.3, -0.25) is 0 Å². The summed E-state index contributed by atoms with van der Waals surface area (Å²) < 4.78 is 15.6. The van der Waals surface area contributed by atoms with Gasteiger partial charge in [-0.15, -0.1) is 0 Å².